The van der Waals surface area contributed by atoms with Gasteiger partial charge in [-0.3, -0.25) is 4.79 Å². The first kappa shape index (κ1) is 21.9. The van der Waals surface area contributed by atoms with E-state index in [2.05, 4.69) is 37.0 Å². The molecule has 0 spiro atoms. The molecule has 1 amide bonds. The van der Waals surface area contributed by atoms with Crippen LogP contribution in [0.4, 0.5) is 17.6 Å². The summed E-state index contributed by atoms with van der Waals surface area (Å²) < 4.78 is 0. The van der Waals surface area contributed by atoms with E-state index in [1.807, 2.05) is 13.0 Å². The monoisotopic (exact) mass is 433 g/mol. The Morgan fingerprint density at radius 1 is 1.06 bits per heavy atom. The van der Waals surface area contributed by atoms with Crippen molar-refractivity contribution in [2.75, 3.05) is 29.5 Å². The molecule has 1 saturated heterocycles. The normalized spacial score (nSPS) is 17.5. The number of hydrogen-bond donors (Lipinski definition) is 3. The molecule has 5 N–H and O–H groups in total. The van der Waals surface area contributed by atoms with Crippen LogP contribution in [0.3, 0.4) is 0 Å². The number of aromatic nitrogens is 3. The van der Waals surface area contributed by atoms with Gasteiger partial charge in [0, 0.05) is 36.8 Å². The van der Waals surface area contributed by atoms with Crippen LogP contribution in [-0.4, -0.2) is 40.0 Å². The molecule has 1 aliphatic heterocycles. The summed E-state index contributed by atoms with van der Waals surface area (Å²) in [6, 6.07) is 3.91. The minimum absolute atomic E-state index is 0.0452. The number of nitrogens with zero attached hydrogens (tertiary/aromatic N) is 4. The summed E-state index contributed by atoms with van der Waals surface area (Å²) in [6.07, 6.45) is 9.15. The third-order valence-electron chi connectivity index (χ3n) is 6.32. The second-order valence-electron chi connectivity index (χ2n) is 8.69. The van der Waals surface area contributed by atoms with Crippen LogP contribution in [0.1, 0.15) is 61.8 Å². The quantitative estimate of drug-likeness (QED) is 0.635. The molecule has 8 nitrogen and oxygen atoms in total. The summed E-state index contributed by atoms with van der Waals surface area (Å²) in [5, 5.41) is 3.27. The number of anilines is 3. The fourth-order valence-corrected chi connectivity index (χ4v) is 4.49. The molecule has 2 aliphatic rings. The van der Waals surface area contributed by atoms with Crippen molar-refractivity contribution in [1.82, 2.24) is 20.3 Å². The summed E-state index contributed by atoms with van der Waals surface area (Å²) >= 11 is 0. The Hall–Kier alpha value is -3.34. The van der Waals surface area contributed by atoms with E-state index < -0.39 is 0 Å². The van der Waals surface area contributed by atoms with Gasteiger partial charge in [-0.1, -0.05) is 31.1 Å². The zero-order chi connectivity index (χ0) is 22.5. The summed E-state index contributed by atoms with van der Waals surface area (Å²) in [6.45, 7) is 3.35. The fourth-order valence-electron chi connectivity index (χ4n) is 4.49. The highest BCUT2D eigenvalue weighted by atomic mass is 16.1. The number of rotatable bonds is 3. The van der Waals surface area contributed by atoms with Crippen molar-refractivity contribution in [3.05, 3.63) is 35.2 Å². The molecule has 32 heavy (non-hydrogen) atoms. The van der Waals surface area contributed by atoms with E-state index >= 15 is 0 Å². The number of nitrogen functional groups attached to an aromatic ring is 2. The highest BCUT2D eigenvalue weighted by Crippen LogP contribution is 2.27. The van der Waals surface area contributed by atoms with Crippen LogP contribution in [0, 0.1) is 24.7 Å². The van der Waals surface area contributed by atoms with Gasteiger partial charge in [-0.15, -0.1) is 0 Å². The van der Waals surface area contributed by atoms with Crippen molar-refractivity contribution < 1.29 is 4.79 Å². The number of hydrogen-bond acceptors (Lipinski definition) is 7. The van der Waals surface area contributed by atoms with Crippen LogP contribution in [0.15, 0.2) is 18.3 Å². The number of nitrogens with one attached hydrogen (secondary N) is 1. The average Bonchev–Trinajstić information content (AvgIpc) is 2.80. The molecule has 2 aromatic heterocycles. The van der Waals surface area contributed by atoms with Crippen molar-refractivity contribution in [2.24, 2.45) is 5.92 Å². The van der Waals surface area contributed by atoms with E-state index in [0.29, 0.717) is 11.9 Å². The molecule has 0 radical (unpaired) electrons. The first-order valence-corrected chi connectivity index (χ1v) is 11.4. The zero-order valence-corrected chi connectivity index (χ0v) is 18.6. The van der Waals surface area contributed by atoms with Crippen LogP contribution in [0.25, 0.3) is 0 Å². The minimum atomic E-state index is 0.0452. The van der Waals surface area contributed by atoms with E-state index in [1.165, 1.54) is 19.3 Å². The second-order valence-corrected chi connectivity index (χ2v) is 8.69. The first-order chi connectivity index (χ1) is 15.5. The Balaban J connectivity index is 1.46. The highest BCUT2D eigenvalue weighted by molar-refractivity contribution is 5.79. The Morgan fingerprint density at radius 3 is 2.50 bits per heavy atom. The van der Waals surface area contributed by atoms with Crippen molar-refractivity contribution in [1.29, 1.82) is 0 Å². The van der Waals surface area contributed by atoms with Gasteiger partial charge in [-0.25, -0.2) is 9.97 Å². The van der Waals surface area contributed by atoms with E-state index in [0.717, 1.165) is 61.4 Å². The highest BCUT2D eigenvalue weighted by Gasteiger charge is 2.28. The second kappa shape index (κ2) is 9.86. The fraction of sp³-hybridized carbons (Fsp3) is 0.500. The van der Waals surface area contributed by atoms with E-state index in [-0.39, 0.29) is 17.8 Å². The number of carbonyl (C=O) groups is 1. The SMILES string of the molecule is Cc1nc(N)nc(N2CCC(C(=O)NC3CCCCC3)CC2)c1C#Cc1ccc(N)nc1. The number of aryl methyl sites for hydroxylation is 1. The predicted octanol–water partition coefficient (Wildman–Crippen LogP) is 2.41. The summed E-state index contributed by atoms with van der Waals surface area (Å²) in [5.74, 6) is 7.98. The maximum absolute atomic E-state index is 12.8. The molecule has 2 fully saturated rings. The summed E-state index contributed by atoms with van der Waals surface area (Å²) in [7, 11) is 0. The van der Waals surface area contributed by atoms with Crippen molar-refractivity contribution >= 4 is 23.5 Å². The number of piperidine rings is 1. The molecule has 8 heteroatoms. The molecule has 0 bridgehead atoms. The van der Waals surface area contributed by atoms with Gasteiger partial charge < -0.3 is 21.7 Å². The third-order valence-corrected chi connectivity index (χ3v) is 6.32. The lowest BCUT2D eigenvalue weighted by Gasteiger charge is -2.34. The van der Waals surface area contributed by atoms with Crippen LogP contribution in [-0.2, 0) is 4.79 Å². The van der Waals surface area contributed by atoms with Crippen molar-refractivity contribution in [2.45, 2.75) is 57.9 Å². The largest absolute Gasteiger partial charge is 0.384 e. The predicted molar refractivity (Wildman–Crippen MR) is 126 cm³/mol. The lowest BCUT2D eigenvalue weighted by molar-refractivity contribution is -0.126. The molecule has 0 atom stereocenters. The Morgan fingerprint density at radius 2 is 1.81 bits per heavy atom. The van der Waals surface area contributed by atoms with Crippen LogP contribution >= 0.6 is 0 Å². The first-order valence-electron chi connectivity index (χ1n) is 11.4. The molecular formula is C24H31N7O. The van der Waals surface area contributed by atoms with Gasteiger partial charge in [0.05, 0.1) is 11.3 Å². The molecule has 1 aliphatic carbocycles. The van der Waals surface area contributed by atoms with Gasteiger partial charge in [0.2, 0.25) is 11.9 Å². The smallest absolute Gasteiger partial charge is 0.223 e. The van der Waals surface area contributed by atoms with Crippen LogP contribution in [0.2, 0.25) is 0 Å². The van der Waals surface area contributed by atoms with Gasteiger partial charge in [0.15, 0.2) is 0 Å². The molecule has 0 aromatic carbocycles. The molecule has 168 valence electrons. The number of carbonyl (C=O) groups excluding carboxylic acids is 1. The van der Waals surface area contributed by atoms with Crippen molar-refractivity contribution in [3.8, 4) is 11.8 Å². The van der Waals surface area contributed by atoms with Gasteiger partial charge in [0.25, 0.3) is 0 Å². The maximum atomic E-state index is 12.8. The van der Waals surface area contributed by atoms with E-state index in [9.17, 15) is 4.79 Å². The summed E-state index contributed by atoms with van der Waals surface area (Å²) in [4.78, 5) is 27.8. The van der Waals surface area contributed by atoms with Crippen LogP contribution in [0.5, 0.6) is 0 Å². The molecule has 4 rings (SSSR count). The number of amides is 1. The van der Waals surface area contributed by atoms with Gasteiger partial charge >= 0.3 is 0 Å². The van der Waals surface area contributed by atoms with Gasteiger partial charge in [0.1, 0.15) is 11.6 Å². The Kier molecular flexibility index (Phi) is 6.74. The van der Waals surface area contributed by atoms with E-state index in [1.54, 1.807) is 12.3 Å². The number of nitrogens with two attached hydrogens (primary N) is 2. The third kappa shape index (κ3) is 5.28. The zero-order valence-electron chi connectivity index (χ0n) is 18.6. The van der Waals surface area contributed by atoms with Crippen molar-refractivity contribution in [3.63, 3.8) is 0 Å². The van der Waals surface area contributed by atoms with Gasteiger partial charge in [-0.2, -0.15) is 4.98 Å². The Labute approximate surface area is 189 Å². The number of pyridine rings is 1. The Bertz CT molecular complexity index is 1010. The van der Waals surface area contributed by atoms with E-state index in [4.69, 9.17) is 11.5 Å². The lowest BCUT2D eigenvalue weighted by Crippen LogP contribution is -2.44. The lowest BCUT2D eigenvalue weighted by atomic mass is 9.92. The topological polar surface area (TPSA) is 123 Å². The molecular weight excluding hydrogens is 402 g/mol. The molecule has 1 saturated carbocycles. The summed E-state index contributed by atoms with van der Waals surface area (Å²) in [5.41, 5.74) is 13.9. The van der Waals surface area contributed by atoms with Gasteiger partial charge in [-0.05, 0) is 44.7 Å². The standard InChI is InChI=1S/C24H31N7O/c1-16-20(9-7-17-8-10-21(25)27-15-17)22(30-24(26)28-16)31-13-11-18(12-14-31)23(32)29-19-5-3-2-4-6-19/h8,10,15,18-19H,2-6,11-14H2,1H3,(H2,25,27)(H,29,32)(H2,26,28,30). The van der Waals surface area contributed by atoms with Crippen LogP contribution < -0.4 is 21.7 Å². The minimum Gasteiger partial charge on any atom is -0.384 e. The molecule has 2 aromatic rings. The molecule has 0 unspecified atom stereocenters. The molecule has 3 heterocycles. The maximum Gasteiger partial charge on any atom is 0.223 e. The average molecular weight is 434 g/mol.